The number of thiazole rings is 1. The lowest BCUT2D eigenvalue weighted by atomic mass is 10.3. The van der Waals surface area contributed by atoms with Gasteiger partial charge in [0, 0.05) is 6.54 Å². The third-order valence-corrected chi connectivity index (χ3v) is 3.68. The first-order valence-electron chi connectivity index (χ1n) is 5.75. The zero-order chi connectivity index (χ0) is 14.0. The summed E-state index contributed by atoms with van der Waals surface area (Å²) in [4.78, 5) is 3.93. The Morgan fingerprint density at radius 2 is 2.16 bits per heavy atom. The molecule has 104 valence electrons. The molecule has 2 aromatic rings. The minimum Gasteiger partial charge on any atom is -0.469 e. The Hall–Kier alpha value is -1.34. The summed E-state index contributed by atoms with van der Waals surface area (Å²) >= 11 is 1.04. The van der Waals surface area contributed by atoms with E-state index in [4.69, 9.17) is 4.42 Å². The summed E-state index contributed by atoms with van der Waals surface area (Å²) in [5, 5.41) is 3.24. The van der Waals surface area contributed by atoms with Gasteiger partial charge < -0.3 is 9.73 Å². The fourth-order valence-corrected chi connectivity index (χ4v) is 2.78. The first-order chi connectivity index (χ1) is 8.93. The van der Waals surface area contributed by atoms with Gasteiger partial charge in [0.25, 0.3) is 0 Å². The molecule has 0 saturated carbocycles. The summed E-state index contributed by atoms with van der Waals surface area (Å²) in [6.07, 6.45) is -2.99. The van der Waals surface area contributed by atoms with Gasteiger partial charge in [-0.05, 0) is 19.5 Å². The number of nitrogens with zero attached hydrogens (tertiary/aromatic N) is 1. The number of rotatable bonds is 4. The van der Waals surface area contributed by atoms with E-state index in [1.54, 1.807) is 13.0 Å². The summed E-state index contributed by atoms with van der Waals surface area (Å²) in [6, 6.07) is 1.63. The van der Waals surface area contributed by atoms with Crippen LogP contribution in [0.25, 0.3) is 10.6 Å². The van der Waals surface area contributed by atoms with Crippen LogP contribution >= 0.6 is 11.3 Å². The second-order valence-electron chi connectivity index (χ2n) is 3.96. The van der Waals surface area contributed by atoms with Crippen LogP contribution < -0.4 is 5.32 Å². The molecule has 0 aliphatic rings. The largest absolute Gasteiger partial charge is 0.469 e. The number of halogens is 3. The Morgan fingerprint density at radius 1 is 1.42 bits per heavy atom. The van der Waals surface area contributed by atoms with Crippen LogP contribution in [-0.4, -0.2) is 11.5 Å². The van der Waals surface area contributed by atoms with Gasteiger partial charge in [0.05, 0.1) is 16.7 Å². The van der Waals surface area contributed by atoms with Gasteiger partial charge in [0.1, 0.15) is 10.8 Å². The lowest BCUT2D eigenvalue weighted by Crippen LogP contribution is -2.15. The van der Waals surface area contributed by atoms with Crippen molar-refractivity contribution in [3.63, 3.8) is 0 Å². The van der Waals surface area contributed by atoms with Gasteiger partial charge in [-0.2, -0.15) is 13.2 Å². The maximum atomic E-state index is 12.9. The molecule has 0 atom stereocenters. The molecule has 0 aliphatic carbocycles. The van der Waals surface area contributed by atoms with Crippen LogP contribution in [0.5, 0.6) is 0 Å². The van der Waals surface area contributed by atoms with Crippen molar-refractivity contribution in [2.45, 2.75) is 26.6 Å². The van der Waals surface area contributed by atoms with Crippen LogP contribution in [0, 0.1) is 6.92 Å². The molecule has 0 saturated heterocycles. The van der Waals surface area contributed by atoms with Crippen LogP contribution in [0.3, 0.4) is 0 Å². The summed E-state index contributed by atoms with van der Waals surface area (Å²) < 4.78 is 43.9. The van der Waals surface area contributed by atoms with E-state index in [0.29, 0.717) is 22.9 Å². The fourth-order valence-electron chi connectivity index (χ4n) is 1.65. The Kier molecular flexibility index (Phi) is 3.96. The molecule has 1 N–H and O–H groups in total. The molecule has 0 aromatic carbocycles. The molecule has 2 rings (SSSR count). The Morgan fingerprint density at radius 3 is 2.68 bits per heavy atom. The van der Waals surface area contributed by atoms with Gasteiger partial charge in [-0.25, -0.2) is 4.98 Å². The number of furan rings is 1. The standard InChI is InChI=1S/C12H13F3N2OS/c1-3-16-6-9-10(12(13,14)15)17-11(19-9)8-4-5-18-7(8)2/h4-5,16H,3,6H2,1-2H3. The Labute approximate surface area is 112 Å². The zero-order valence-electron chi connectivity index (χ0n) is 10.5. The molecule has 0 radical (unpaired) electrons. The van der Waals surface area contributed by atoms with Gasteiger partial charge in [-0.1, -0.05) is 6.92 Å². The number of aryl methyl sites for hydroxylation is 1. The van der Waals surface area contributed by atoms with Crippen LogP contribution in [-0.2, 0) is 12.7 Å². The highest BCUT2D eigenvalue weighted by atomic mass is 32.1. The lowest BCUT2D eigenvalue weighted by Gasteiger charge is -2.05. The molecule has 0 amide bonds. The maximum Gasteiger partial charge on any atom is 0.434 e. The molecule has 0 spiro atoms. The highest BCUT2D eigenvalue weighted by molar-refractivity contribution is 7.15. The number of hydrogen-bond donors (Lipinski definition) is 1. The minimum atomic E-state index is -4.43. The summed E-state index contributed by atoms with van der Waals surface area (Å²) in [7, 11) is 0. The maximum absolute atomic E-state index is 12.9. The molecule has 2 aromatic heterocycles. The number of nitrogens with one attached hydrogen (secondary N) is 1. The molecule has 2 heterocycles. The van der Waals surface area contributed by atoms with Crippen molar-refractivity contribution in [2.75, 3.05) is 6.54 Å². The van der Waals surface area contributed by atoms with Crippen molar-refractivity contribution < 1.29 is 17.6 Å². The van der Waals surface area contributed by atoms with Gasteiger partial charge in [-0.15, -0.1) is 11.3 Å². The molecule has 0 aliphatic heterocycles. The normalized spacial score (nSPS) is 12.1. The van der Waals surface area contributed by atoms with Gasteiger partial charge in [0.15, 0.2) is 5.69 Å². The quantitative estimate of drug-likeness (QED) is 0.929. The van der Waals surface area contributed by atoms with Crippen LogP contribution in [0.15, 0.2) is 16.7 Å². The molecular weight excluding hydrogens is 277 g/mol. The molecule has 0 unspecified atom stereocenters. The van der Waals surface area contributed by atoms with E-state index < -0.39 is 11.9 Å². The van der Waals surface area contributed by atoms with Crippen molar-refractivity contribution >= 4 is 11.3 Å². The van der Waals surface area contributed by atoms with E-state index in [1.807, 2.05) is 6.92 Å². The summed E-state index contributed by atoms with van der Waals surface area (Å²) in [5.41, 5.74) is -0.202. The lowest BCUT2D eigenvalue weighted by molar-refractivity contribution is -0.141. The van der Waals surface area contributed by atoms with Crippen molar-refractivity contribution in [1.29, 1.82) is 0 Å². The third-order valence-electron chi connectivity index (χ3n) is 2.59. The monoisotopic (exact) mass is 290 g/mol. The van der Waals surface area contributed by atoms with E-state index in [9.17, 15) is 13.2 Å². The Bertz CT molecular complexity index is 560. The fraction of sp³-hybridized carbons (Fsp3) is 0.417. The molecule has 3 nitrogen and oxygen atoms in total. The third kappa shape index (κ3) is 2.98. The number of aromatic nitrogens is 1. The summed E-state index contributed by atoms with van der Waals surface area (Å²) in [6.45, 7) is 4.32. The predicted molar refractivity (Wildman–Crippen MR) is 66.9 cm³/mol. The average Bonchev–Trinajstić information content (AvgIpc) is 2.91. The average molecular weight is 290 g/mol. The smallest absolute Gasteiger partial charge is 0.434 e. The minimum absolute atomic E-state index is 0.167. The van der Waals surface area contributed by atoms with E-state index in [1.165, 1.54) is 6.26 Å². The molecule has 7 heteroatoms. The van der Waals surface area contributed by atoms with E-state index in [2.05, 4.69) is 10.3 Å². The SMILES string of the molecule is CCNCc1sc(-c2ccoc2C)nc1C(F)(F)F. The van der Waals surface area contributed by atoms with E-state index in [0.717, 1.165) is 11.3 Å². The zero-order valence-corrected chi connectivity index (χ0v) is 11.3. The first kappa shape index (κ1) is 14.1. The van der Waals surface area contributed by atoms with E-state index in [-0.39, 0.29) is 11.4 Å². The van der Waals surface area contributed by atoms with Crippen molar-refractivity contribution in [1.82, 2.24) is 10.3 Å². The second-order valence-corrected chi connectivity index (χ2v) is 5.04. The van der Waals surface area contributed by atoms with Crippen molar-refractivity contribution in [2.24, 2.45) is 0 Å². The van der Waals surface area contributed by atoms with Gasteiger partial charge in [-0.3, -0.25) is 0 Å². The molecule has 0 bridgehead atoms. The number of hydrogen-bond acceptors (Lipinski definition) is 4. The second kappa shape index (κ2) is 5.34. The van der Waals surface area contributed by atoms with Crippen LogP contribution in [0.1, 0.15) is 23.3 Å². The van der Waals surface area contributed by atoms with Crippen molar-refractivity contribution in [3.8, 4) is 10.6 Å². The number of alkyl halides is 3. The molecule has 0 fully saturated rings. The molecule has 19 heavy (non-hydrogen) atoms. The highest BCUT2D eigenvalue weighted by Crippen LogP contribution is 2.38. The Balaban J connectivity index is 2.43. The molecular formula is C12H13F3N2OS. The van der Waals surface area contributed by atoms with Gasteiger partial charge >= 0.3 is 6.18 Å². The van der Waals surface area contributed by atoms with E-state index >= 15 is 0 Å². The summed E-state index contributed by atoms with van der Waals surface area (Å²) in [5.74, 6) is 0.567. The van der Waals surface area contributed by atoms with Crippen LogP contribution in [0.4, 0.5) is 13.2 Å². The first-order valence-corrected chi connectivity index (χ1v) is 6.57. The highest BCUT2D eigenvalue weighted by Gasteiger charge is 2.37. The van der Waals surface area contributed by atoms with Crippen molar-refractivity contribution in [3.05, 3.63) is 28.7 Å². The topological polar surface area (TPSA) is 38.1 Å². The van der Waals surface area contributed by atoms with Crippen LogP contribution in [0.2, 0.25) is 0 Å². The van der Waals surface area contributed by atoms with Gasteiger partial charge in [0.2, 0.25) is 0 Å². The predicted octanol–water partition coefficient (Wildman–Crippen LogP) is 3.84.